The van der Waals surface area contributed by atoms with E-state index in [9.17, 15) is 4.79 Å². The van der Waals surface area contributed by atoms with Gasteiger partial charge in [-0.15, -0.1) is 5.10 Å². The first-order chi connectivity index (χ1) is 13.2. The maximum absolute atomic E-state index is 12.3. The fourth-order valence-electron chi connectivity index (χ4n) is 2.47. The largest absolute Gasteiger partial charge is 0.497 e. The summed E-state index contributed by atoms with van der Waals surface area (Å²) >= 11 is 1.23. The predicted octanol–water partition coefficient (Wildman–Crippen LogP) is 2.13. The number of ether oxygens (including phenoxy) is 3. The molecular formula is C17H15N5O4S. The SMILES string of the molecule is COc1cccc(-n2nnnc2SCC(=O)Nc2ccc3c(c2)OCO3)c1. The van der Waals surface area contributed by atoms with Gasteiger partial charge in [0.2, 0.25) is 17.9 Å². The van der Waals surface area contributed by atoms with E-state index in [2.05, 4.69) is 20.8 Å². The van der Waals surface area contributed by atoms with Crippen LogP contribution in [0.25, 0.3) is 5.69 Å². The first-order valence-corrected chi connectivity index (χ1v) is 8.96. The molecular weight excluding hydrogens is 370 g/mol. The number of tetrazole rings is 1. The van der Waals surface area contributed by atoms with Crippen molar-refractivity contribution in [3.8, 4) is 22.9 Å². The second-order valence-corrected chi connectivity index (χ2v) is 6.42. The third-order valence-corrected chi connectivity index (χ3v) is 4.65. The number of nitrogens with zero attached hydrogens (tertiary/aromatic N) is 4. The molecule has 0 aliphatic carbocycles. The Kier molecular flexibility index (Phi) is 4.79. The van der Waals surface area contributed by atoms with Gasteiger partial charge in [0.15, 0.2) is 11.5 Å². The molecule has 1 aliphatic heterocycles. The van der Waals surface area contributed by atoms with E-state index in [4.69, 9.17) is 14.2 Å². The van der Waals surface area contributed by atoms with Crippen molar-refractivity contribution in [3.05, 3.63) is 42.5 Å². The number of hydrogen-bond acceptors (Lipinski definition) is 8. The summed E-state index contributed by atoms with van der Waals surface area (Å²) in [4.78, 5) is 12.3. The van der Waals surface area contributed by atoms with Crippen molar-refractivity contribution in [2.24, 2.45) is 0 Å². The monoisotopic (exact) mass is 385 g/mol. The van der Waals surface area contributed by atoms with Crippen LogP contribution in [-0.2, 0) is 4.79 Å². The van der Waals surface area contributed by atoms with E-state index in [1.54, 1.807) is 30.0 Å². The average Bonchev–Trinajstić information content (AvgIpc) is 3.35. The number of rotatable bonds is 6. The number of thioether (sulfide) groups is 1. The quantitative estimate of drug-likeness (QED) is 0.644. The number of carbonyl (C=O) groups is 1. The molecule has 10 heteroatoms. The number of amides is 1. The van der Waals surface area contributed by atoms with Gasteiger partial charge in [0, 0.05) is 17.8 Å². The van der Waals surface area contributed by atoms with Crippen LogP contribution in [0.3, 0.4) is 0 Å². The highest BCUT2D eigenvalue weighted by Crippen LogP contribution is 2.34. The standard InChI is InChI=1S/C17H15N5O4S/c1-24-13-4-2-3-12(8-13)22-17(19-20-21-22)27-9-16(23)18-11-5-6-14-15(7-11)26-10-25-14/h2-8H,9-10H2,1H3,(H,18,23). The van der Waals surface area contributed by atoms with Gasteiger partial charge in [0.05, 0.1) is 18.6 Å². The van der Waals surface area contributed by atoms with Crippen LogP contribution >= 0.6 is 11.8 Å². The molecule has 1 aliphatic rings. The molecule has 1 amide bonds. The first kappa shape index (κ1) is 17.2. The molecule has 0 saturated carbocycles. The van der Waals surface area contributed by atoms with E-state index >= 15 is 0 Å². The second-order valence-electron chi connectivity index (χ2n) is 5.48. The van der Waals surface area contributed by atoms with Gasteiger partial charge in [0.1, 0.15) is 5.75 Å². The number of fused-ring (bicyclic) bond motifs is 1. The summed E-state index contributed by atoms with van der Waals surface area (Å²) in [5, 5.41) is 15.0. The zero-order valence-corrected chi connectivity index (χ0v) is 15.1. The maximum Gasteiger partial charge on any atom is 0.234 e. The normalized spacial score (nSPS) is 12.0. The van der Waals surface area contributed by atoms with Crippen molar-refractivity contribution in [2.45, 2.75) is 5.16 Å². The van der Waals surface area contributed by atoms with Crippen molar-refractivity contribution < 1.29 is 19.0 Å². The minimum Gasteiger partial charge on any atom is -0.497 e. The lowest BCUT2D eigenvalue weighted by molar-refractivity contribution is -0.113. The van der Waals surface area contributed by atoms with Crippen molar-refractivity contribution in [1.29, 1.82) is 0 Å². The lowest BCUT2D eigenvalue weighted by Gasteiger charge is -2.07. The van der Waals surface area contributed by atoms with Crippen molar-refractivity contribution in [3.63, 3.8) is 0 Å². The molecule has 2 aromatic carbocycles. The van der Waals surface area contributed by atoms with Crippen LogP contribution in [0.15, 0.2) is 47.6 Å². The predicted molar refractivity (Wildman–Crippen MR) is 97.6 cm³/mol. The molecule has 0 bridgehead atoms. The Hall–Kier alpha value is -3.27. The zero-order chi connectivity index (χ0) is 18.6. The maximum atomic E-state index is 12.3. The summed E-state index contributed by atoms with van der Waals surface area (Å²) in [6.45, 7) is 0.190. The lowest BCUT2D eigenvalue weighted by Crippen LogP contribution is -2.14. The minimum atomic E-state index is -0.181. The molecule has 1 N–H and O–H groups in total. The Bertz CT molecular complexity index is 977. The number of anilines is 1. The molecule has 2 heterocycles. The molecule has 0 spiro atoms. The molecule has 0 radical (unpaired) electrons. The van der Waals surface area contributed by atoms with Crippen molar-refractivity contribution >= 4 is 23.4 Å². The topological polar surface area (TPSA) is 100 Å². The van der Waals surface area contributed by atoms with Gasteiger partial charge in [-0.2, -0.15) is 4.68 Å². The number of hydrogen-bond donors (Lipinski definition) is 1. The fraction of sp³-hybridized carbons (Fsp3) is 0.176. The zero-order valence-electron chi connectivity index (χ0n) is 14.3. The van der Waals surface area contributed by atoms with Gasteiger partial charge in [-0.1, -0.05) is 17.8 Å². The highest BCUT2D eigenvalue weighted by molar-refractivity contribution is 7.99. The van der Waals surface area contributed by atoms with E-state index in [0.717, 1.165) is 5.69 Å². The van der Waals surface area contributed by atoms with Gasteiger partial charge >= 0.3 is 0 Å². The molecule has 0 atom stereocenters. The van der Waals surface area contributed by atoms with E-state index in [1.165, 1.54) is 11.8 Å². The number of carbonyl (C=O) groups excluding carboxylic acids is 1. The molecule has 138 valence electrons. The molecule has 0 unspecified atom stereocenters. The third kappa shape index (κ3) is 3.80. The van der Waals surface area contributed by atoms with Crippen LogP contribution in [0.2, 0.25) is 0 Å². The highest BCUT2D eigenvalue weighted by Gasteiger charge is 2.15. The molecule has 0 saturated heterocycles. The summed E-state index contributed by atoms with van der Waals surface area (Å²) in [7, 11) is 1.59. The minimum absolute atomic E-state index is 0.152. The van der Waals surface area contributed by atoms with Crippen LogP contribution in [0.1, 0.15) is 0 Å². The lowest BCUT2D eigenvalue weighted by atomic mass is 10.3. The van der Waals surface area contributed by atoms with Gasteiger partial charge in [-0.3, -0.25) is 4.79 Å². The van der Waals surface area contributed by atoms with Gasteiger partial charge in [0.25, 0.3) is 0 Å². The highest BCUT2D eigenvalue weighted by atomic mass is 32.2. The molecule has 4 rings (SSSR count). The average molecular weight is 385 g/mol. The summed E-state index contributed by atoms with van der Waals surface area (Å²) < 4.78 is 17.3. The Morgan fingerprint density at radius 2 is 2.15 bits per heavy atom. The van der Waals surface area contributed by atoms with Crippen LogP contribution in [-0.4, -0.2) is 45.8 Å². The van der Waals surface area contributed by atoms with Crippen LogP contribution in [0.4, 0.5) is 5.69 Å². The summed E-state index contributed by atoms with van der Waals surface area (Å²) in [5.41, 5.74) is 1.38. The van der Waals surface area contributed by atoms with Crippen molar-refractivity contribution in [1.82, 2.24) is 20.2 Å². The molecule has 1 aromatic heterocycles. The number of benzene rings is 2. The smallest absolute Gasteiger partial charge is 0.234 e. The van der Waals surface area contributed by atoms with E-state index in [0.29, 0.717) is 28.1 Å². The third-order valence-electron chi connectivity index (χ3n) is 3.73. The molecule has 27 heavy (non-hydrogen) atoms. The van der Waals surface area contributed by atoms with Crippen LogP contribution in [0.5, 0.6) is 17.2 Å². The second kappa shape index (κ2) is 7.54. The number of nitrogens with one attached hydrogen (secondary N) is 1. The van der Waals surface area contributed by atoms with E-state index in [1.807, 2.05) is 24.3 Å². The summed E-state index contributed by atoms with van der Waals surface area (Å²) in [6.07, 6.45) is 0. The van der Waals surface area contributed by atoms with Gasteiger partial charge < -0.3 is 19.5 Å². The Labute approximate surface area is 158 Å². The molecule has 3 aromatic rings. The van der Waals surface area contributed by atoms with Crippen molar-refractivity contribution in [2.75, 3.05) is 25.0 Å². The number of methoxy groups -OCH3 is 1. The van der Waals surface area contributed by atoms with E-state index < -0.39 is 0 Å². The van der Waals surface area contributed by atoms with Crippen LogP contribution in [0, 0.1) is 0 Å². The van der Waals surface area contributed by atoms with Gasteiger partial charge in [-0.05, 0) is 34.7 Å². The first-order valence-electron chi connectivity index (χ1n) is 7.98. The Morgan fingerprint density at radius 3 is 3.04 bits per heavy atom. The summed E-state index contributed by atoms with van der Waals surface area (Å²) in [6, 6.07) is 12.6. The van der Waals surface area contributed by atoms with E-state index in [-0.39, 0.29) is 18.5 Å². The Balaban J connectivity index is 1.40. The van der Waals surface area contributed by atoms with Crippen LogP contribution < -0.4 is 19.5 Å². The Morgan fingerprint density at radius 1 is 1.26 bits per heavy atom. The molecule has 0 fully saturated rings. The summed E-state index contributed by atoms with van der Waals surface area (Å²) in [5.74, 6) is 1.94. The molecule has 9 nitrogen and oxygen atoms in total. The number of aromatic nitrogens is 4. The fourth-order valence-corrected chi connectivity index (χ4v) is 3.17. The van der Waals surface area contributed by atoms with Gasteiger partial charge in [-0.25, -0.2) is 0 Å².